The van der Waals surface area contributed by atoms with Crippen LogP contribution in [0.15, 0.2) is 41.3 Å². The fourth-order valence-electron chi connectivity index (χ4n) is 3.54. The number of nitrogens with one attached hydrogen (secondary N) is 1. The van der Waals surface area contributed by atoms with Gasteiger partial charge in [0.1, 0.15) is 27.3 Å². The first-order valence-electron chi connectivity index (χ1n) is 8.54. The standard InChI is InChI=1S/C18H19N3O4S2/c1-25-13-7-8-14-12(10-13)4-3-9-18(14,22)11-19-27(23,24)16-6-2-5-15-17(16)21-26-20-15/h2,5-8,10,19,22H,3-4,9,11H2,1H3. The maximum atomic E-state index is 12.8. The van der Waals surface area contributed by atoms with E-state index < -0.39 is 15.6 Å². The normalized spacial score (nSPS) is 19.8. The first kappa shape index (κ1) is 18.3. The minimum absolute atomic E-state index is 0.0723. The van der Waals surface area contributed by atoms with E-state index >= 15 is 0 Å². The van der Waals surface area contributed by atoms with Crippen LogP contribution in [0, 0.1) is 0 Å². The molecule has 1 aliphatic carbocycles. The van der Waals surface area contributed by atoms with Gasteiger partial charge in [-0.3, -0.25) is 0 Å². The van der Waals surface area contributed by atoms with Crippen LogP contribution < -0.4 is 9.46 Å². The molecule has 0 radical (unpaired) electrons. The summed E-state index contributed by atoms with van der Waals surface area (Å²) in [6, 6.07) is 10.3. The monoisotopic (exact) mass is 405 g/mol. The van der Waals surface area contributed by atoms with Gasteiger partial charge < -0.3 is 9.84 Å². The van der Waals surface area contributed by atoms with Crippen LogP contribution in [-0.4, -0.2) is 35.9 Å². The highest BCUT2D eigenvalue weighted by molar-refractivity contribution is 7.89. The van der Waals surface area contributed by atoms with Crippen molar-refractivity contribution in [3.63, 3.8) is 0 Å². The summed E-state index contributed by atoms with van der Waals surface area (Å²) in [5, 5.41) is 11.2. The van der Waals surface area contributed by atoms with E-state index in [1.54, 1.807) is 25.3 Å². The predicted molar refractivity (Wildman–Crippen MR) is 102 cm³/mol. The molecule has 1 atom stereocenters. The van der Waals surface area contributed by atoms with Crippen LogP contribution in [0.25, 0.3) is 11.0 Å². The van der Waals surface area contributed by atoms with E-state index in [0.29, 0.717) is 17.5 Å². The maximum Gasteiger partial charge on any atom is 0.242 e. The zero-order valence-electron chi connectivity index (χ0n) is 14.7. The number of hydrogen-bond acceptors (Lipinski definition) is 7. The summed E-state index contributed by atoms with van der Waals surface area (Å²) >= 11 is 0.969. The van der Waals surface area contributed by atoms with Crippen molar-refractivity contribution in [2.45, 2.75) is 29.8 Å². The van der Waals surface area contributed by atoms with Gasteiger partial charge >= 0.3 is 0 Å². The third kappa shape index (κ3) is 3.31. The molecule has 3 aromatic rings. The van der Waals surface area contributed by atoms with Crippen LogP contribution in [-0.2, 0) is 22.0 Å². The van der Waals surface area contributed by atoms with Gasteiger partial charge in [0.2, 0.25) is 10.0 Å². The average Bonchev–Trinajstić information content (AvgIpc) is 3.15. The van der Waals surface area contributed by atoms with Crippen molar-refractivity contribution in [2.24, 2.45) is 0 Å². The molecule has 1 unspecified atom stereocenters. The number of fused-ring (bicyclic) bond motifs is 2. The SMILES string of the molecule is COc1ccc2c(c1)CCCC2(O)CNS(=O)(=O)c1cccc2nsnc12. The Balaban J connectivity index is 1.63. The lowest BCUT2D eigenvalue weighted by Crippen LogP contribution is -2.43. The van der Waals surface area contributed by atoms with Crippen molar-refractivity contribution in [3.05, 3.63) is 47.5 Å². The molecule has 27 heavy (non-hydrogen) atoms. The van der Waals surface area contributed by atoms with Gasteiger partial charge in [0.25, 0.3) is 0 Å². The number of aliphatic hydroxyl groups is 1. The zero-order chi connectivity index (χ0) is 19.1. The number of nitrogens with zero attached hydrogens (tertiary/aromatic N) is 2. The number of hydrogen-bond donors (Lipinski definition) is 2. The van der Waals surface area contributed by atoms with Crippen LogP contribution in [0.4, 0.5) is 0 Å². The van der Waals surface area contributed by atoms with Gasteiger partial charge in [-0.15, -0.1) is 0 Å². The lowest BCUT2D eigenvalue weighted by atomic mass is 9.79. The van der Waals surface area contributed by atoms with Crippen molar-refractivity contribution >= 4 is 32.8 Å². The zero-order valence-corrected chi connectivity index (χ0v) is 16.3. The molecule has 1 aromatic heterocycles. The van der Waals surface area contributed by atoms with Gasteiger partial charge in [0, 0.05) is 6.54 Å². The summed E-state index contributed by atoms with van der Waals surface area (Å²) in [6.07, 6.45) is 2.08. The van der Waals surface area contributed by atoms with Gasteiger partial charge in [-0.25, -0.2) is 13.1 Å². The number of ether oxygens (including phenoxy) is 1. The lowest BCUT2D eigenvalue weighted by Gasteiger charge is -2.34. The van der Waals surface area contributed by atoms with Crippen molar-refractivity contribution in [1.82, 2.24) is 13.5 Å². The molecule has 1 heterocycles. The van der Waals surface area contributed by atoms with Crippen LogP contribution in [0.3, 0.4) is 0 Å². The predicted octanol–water partition coefficient (Wildman–Crippen LogP) is 2.20. The van der Waals surface area contributed by atoms with Crippen LogP contribution in [0.1, 0.15) is 24.0 Å². The van der Waals surface area contributed by atoms with Crippen molar-refractivity contribution in [2.75, 3.05) is 13.7 Å². The van der Waals surface area contributed by atoms with Gasteiger partial charge in [0.05, 0.1) is 18.8 Å². The van der Waals surface area contributed by atoms with E-state index in [4.69, 9.17) is 4.74 Å². The minimum Gasteiger partial charge on any atom is -0.497 e. The first-order valence-corrected chi connectivity index (χ1v) is 10.7. The lowest BCUT2D eigenvalue weighted by molar-refractivity contribution is 0.0242. The molecule has 0 bridgehead atoms. The summed E-state index contributed by atoms with van der Waals surface area (Å²) in [7, 11) is -2.24. The summed E-state index contributed by atoms with van der Waals surface area (Å²) in [5.74, 6) is 0.723. The summed E-state index contributed by atoms with van der Waals surface area (Å²) < 4.78 is 41.7. The smallest absolute Gasteiger partial charge is 0.242 e. The Bertz CT molecular complexity index is 1100. The molecule has 142 valence electrons. The van der Waals surface area contributed by atoms with Crippen LogP contribution in [0.5, 0.6) is 5.75 Å². The topological polar surface area (TPSA) is 101 Å². The molecule has 0 saturated carbocycles. The molecule has 2 aromatic carbocycles. The van der Waals surface area contributed by atoms with Crippen molar-refractivity contribution in [3.8, 4) is 5.75 Å². The third-order valence-electron chi connectivity index (χ3n) is 4.94. The number of aromatic nitrogens is 2. The largest absolute Gasteiger partial charge is 0.497 e. The van der Waals surface area contributed by atoms with Gasteiger partial charge in [0.15, 0.2) is 0 Å². The van der Waals surface area contributed by atoms with E-state index in [9.17, 15) is 13.5 Å². The Morgan fingerprint density at radius 1 is 1.30 bits per heavy atom. The van der Waals surface area contributed by atoms with Gasteiger partial charge in [-0.2, -0.15) is 8.75 Å². The number of sulfonamides is 1. The Kier molecular flexibility index (Phi) is 4.63. The molecule has 0 aliphatic heterocycles. The number of rotatable bonds is 5. The van der Waals surface area contributed by atoms with Gasteiger partial charge in [-0.1, -0.05) is 12.1 Å². The Morgan fingerprint density at radius 2 is 2.15 bits per heavy atom. The van der Waals surface area contributed by atoms with E-state index in [1.165, 1.54) is 6.07 Å². The fourth-order valence-corrected chi connectivity index (χ4v) is 5.39. The molecule has 1 aliphatic rings. The summed E-state index contributed by atoms with van der Waals surface area (Å²) in [6.45, 7) is -0.109. The average molecular weight is 406 g/mol. The van der Waals surface area contributed by atoms with Crippen LogP contribution >= 0.6 is 11.7 Å². The highest BCUT2D eigenvalue weighted by Crippen LogP contribution is 2.37. The number of aryl methyl sites for hydroxylation is 1. The third-order valence-corrected chi connectivity index (χ3v) is 6.92. The Hall–Kier alpha value is -2.07. The quantitative estimate of drug-likeness (QED) is 0.675. The molecule has 7 nitrogen and oxygen atoms in total. The molecular weight excluding hydrogens is 386 g/mol. The molecule has 0 saturated heterocycles. The molecule has 9 heteroatoms. The first-order chi connectivity index (χ1) is 12.9. The number of benzene rings is 2. The molecular formula is C18H19N3O4S2. The van der Waals surface area contributed by atoms with Crippen LogP contribution in [0.2, 0.25) is 0 Å². The Morgan fingerprint density at radius 3 is 2.96 bits per heavy atom. The van der Waals surface area contributed by atoms with Crippen molar-refractivity contribution < 1.29 is 18.3 Å². The highest BCUT2D eigenvalue weighted by atomic mass is 32.2. The summed E-state index contributed by atoms with van der Waals surface area (Å²) in [5.41, 5.74) is 1.34. The second-order valence-electron chi connectivity index (χ2n) is 6.62. The van der Waals surface area contributed by atoms with E-state index in [2.05, 4.69) is 13.5 Å². The summed E-state index contributed by atoms with van der Waals surface area (Å²) in [4.78, 5) is 0.0723. The number of methoxy groups -OCH3 is 1. The molecule has 0 spiro atoms. The second-order valence-corrected chi connectivity index (χ2v) is 8.88. The second kappa shape index (κ2) is 6.83. The van der Waals surface area contributed by atoms with Crippen molar-refractivity contribution in [1.29, 1.82) is 0 Å². The van der Waals surface area contributed by atoms with E-state index in [0.717, 1.165) is 41.4 Å². The molecule has 0 fully saturated rings. The molecule has 2 N–H and O–H groups in total. The fraction of sp³-hybridized carbons (Fsp3) is 0.333. The molecule has 0 amide bonds. The van der Waals surface area contributed by atoms with E-state index in [-0.39, 0.29) is 11.4 Å². The van der Waals surface area contributed by atoms with E-state index in [1.807, 2.05) is 12.1 Å². The Labute approximate surface area is 161 Å². The van der Waals surface area contributed by atoms with Gasteiger partial charge in [-0.05, 0) is 54.7 Å². The highest BCUT2D eigenvalue weighted by Gasteiger charge is 2.36. The molecule has 4 rings (SSSR count). The maximum absolute atomic E-state index is 12.8. The minimum atomic E-state index is -3.84.